The van der Waals surface area contributed by atoms with Crippen molar-refractivity contribution in [1.29, 1.82) is 0 Å². The molecule has 0 saturated carbocycles. The molecule has 6 nitrogen and oxygen atoms in total. The first-order valence-corrected chi connectivity index (χ1v) is 10.2. The zero-order chi connectivity index (χ0) is 20.9. The molecule has 1 fully saturated rings. The lowest BCUT2D eigenvalue weighted by molar-refractivity contribution is -0.161. The van der Waals surface area contributed by atoms with E-state index in [4.69, 9.17) is 9.47 Å². The molecule has 6 heteroatoms. The average Bonchev–Trinajstić information content (AvgIpc) is 2.54. The Bertz CT molecular complexity index is 493. The van der Waals surface area contributed by atoms with Gasteiger partial charge >= 0.3 is 11.9 Å². The fourth-order valence-corrected chi connectivity index (χ4v) is 4.12. The van der Waals surface area contributed by atoms with Crippen molar-refractivity contribution in [3.63, 3.8) is 0 Å². The van der Waals surface area contributed by atoms with Gasteiger partial charge in [-0.2, -0.15) is 0 Å². The van der Waals surface area contributed by atoms with Gasteiger partial charge in [-0.15, -0.1) is 0 Å². The third-order valence-electron chi connectivity index (χ3n) is 5.90. The third-order valence-corrected chi connectivity index (χ3v) is 5.90. The quantitative estimate of drug-likeness (QED) is 0.613. The first-order chi connectivity index (χ1) is 12.3. The Hall–Kier alpha value is -1.14. The molecule has 0 amide bonds. The second-order valence-electron chi connectivity index (χ2n) is 9.19. The normalized spacial score (nSPS) is 20.3. The van der Waals surface area contributed by atoms with Crippen LogP contribution in [-0.4, -0.2) is 57.9 Å². The molecule has 158 valence electrons. The van der Waals surface area contributed by atoms with Crippen molar-refractivity contribution in [2.24, 2.45) is 0 Å². The van der Waals surface area contributed by atoms with Gasteiger partial charge in [-0.1, -0.05) is 13.8 Å². The fraction of sp³-hybridized carbons (Fsp3) is 0.905. The largest absolute Gasteiger partial charge is 0.464 e. The second kappa shape index (κ2) is 9.37. The van der Waals surface area contributed by atoms with Crippen LogP contribution in [0.25, 0.3) is 0 Å². The van der Waals surface area contributed by atoms with Crippen molar-refractivity contribution in [1.82, 2.24) is 4.90 Å². The van der Waals surface area contributed by atoms with Crippen molar-refractivity contribution < 1.29 is 24.2 Å². The summed E-state index contributed by atoms with van der Waals surface area (Å²) in [6.45, 7) is 15.2. The summed E-state index contributed by atoms with van der Waals surface area (Å²) >= 11 is 0. The van der Waals surface area contributed by atoms with Crippen LogP contribution < -0.4 is 0 Å². The monoisotopic (exact) mass is 385 g/mol. The van der Waals surface area contributed by atoms with Gasteiger partial charge in [-0.05, 0) is 60.3 Å². The summed E-state index contributed by atoms with van der Waals surface area (Å²) < 4.78 is 10.8. The van der Waals surface area contributed by atoms with Crippen LogP contribution in [0, 0.1) is 0 Å². The topological polar surface area (TPSA) is 76.1 Å². The summed E-state index contributed by atoms with van der Waals surface area (Å²) in [5, 5.41) is 10.1. The van der Waals surface area contributed by atoms with Crippen LogP contribution in [0.15, 0.2) is 0 Å². The molecule has 0 spiro atoms. The molecule has 0 unspecified atom stereocenters. The lowest BCUT2D eigenvalue weighted by Crippen LogP contribution is -2.62. The number of aliphatic hydroxyl groups is 1. The molecule has 0 radical (unpaired) electrons. The van der Waals surface area contributed by atoms with Gasteiger partial charge in [0.05, 0.1) is 18.9 Å². The predicted molar refractivity (Wildman–Crippen MR) is 105 cm³/mol. The maximum atomic E-state index is 12.0. The lowest BCUT2D eigenvalue weighted by Gasteiger charge is -2.54. The molecule has 0 aliphatic carbocycles. The van der Waals surface area contributed by atoms with E-state index in [1.165, 1.54) is 0 Å². The van der Waals surface area contributed by atoms with Crippen LogP contribution in [-0.2, 0) is 19.1 Å². The summed E-state index contributed by atoms with van der Waals surface area (Å²) in [6, 6.07) is 0. The zero-order valence-electron chi connectivity index (χ0n) is 18.3. The number of esters is 2. The van der Waals surface area contributed by atoms with Gasteiger partial charge in [-0.3, -0.25) is 14.5 Å². The number of likely N-dealkylation sites (tertiary alicyclic amines) is 1. The van der Waals surface area contributed by atoms with E-state index < -0.39 is 5.60 Å². The number of hydrogen-bond acceptors (Lipinski definition) is 6. The molecular weight excluding hydrogens is 346 g/mol. The van der Waals surface area contributed by atoms with E-state index in [1.807, 2.05) is 20.8 Å². The molecule has 0 aromatic carbocycles. The molecular formula is C21H39NO5. The Morgan fingerprint density at radius 1 is 1.04 bits per heavy atom. The van der Waals surface area contributed by atoms with Crippen LogP contribution in [0.3, 0.4) is 0 Å². The smallest absolute Gasteiger partial charge is 0.306 e. The first-order valence-electron chi connectivity index (χ1n) is 10.2. The van der Waals surface area contributed by atoms with E-state index in [0.29, 0.717) is 19.4 Å². The average molecular weight is 386 g/mol. The van der Waals surface area contributed by atoms with E-state index in [-0.39, 0.29) is 48.6 Å². The Morgan fingerprint density at radius 2 is 1.52 bits per heavy atom. The highest BCUT2D eigenvalue weighted by molar-refractivity contribution is 5.77. The number of aliphatic hydroxyl groups excluding tert-OH is 1. The number of nitrogens with zero attached hydrogens (tertiary/aromatic N) is 1. The van der Waals surface area contributed by atoms with E-state index in [1.54, 1.807) is 0 Å². The van der Waals surface area contributed by atoms with Gasteiger partial charge in [0, 0.05) is 17.6 Å². The minimum Gasteiger partial charge on any atom is -0.464 e. The Morgan fingerprint density at radius 3 is 2.00 bits per heavy atom. The first kappa shape index (κ1) is 23.9. The molecule has 1 saturated heterocycles. The van der Waals surface area contributed by atoms with E-state index >= 15 is 0 Å². The summed E-state index contributed by atoms with van der Waals surface area (Å²) in [5.74, 6) is -0.736. The highest BCUT2D eigenvalue weighted by Gasteiger charge is 2.44. The fourth-order valence-electron chi connectivity index (χ4n) is 4.12. The van der Waals surface area contributed by atoms with Crippen molar-refractivity contribution in [2.45, 2.75) is 110 Å². The van der Waals surface area contributed by atoms with E-state index in [2.05, 4.69) is 32.6 Å². The van der Waals surface area contributed by atoms with Crippen LogP contribution in [0.5, 0.6) is 0 Å². The van der Waals surface area contributed by atoms with Crippen LogP contribution in [0.4, 0.5) is 0 Å². The molecule has 0 aromatic heterocycles. The van der Waals surface area contributed by atoms with Crippen molar-refractivity contribution in [3.8, 4) is 0 Å². The number of carbonyl (C=O) groups excluding carboxylic acids is 2. The minimum atomic E-state index is -0.461. The molecule has 0 bridgehead atoms. The van der Waals surface area contributed by atoms with Crippen molar-refractivity contribution in [3.05, 3.63) is 0 Å². The molecule has 0 atom stereocenters. The molecule has 1 N–H and O–H groups in total. The maximum Gasteiger partial charge on any atom is 0.306 e. The zero-order valence-corrected chi connectivity index (χ0v) is 18.3. The lowest BCUT2D eigenvalue weighted by atomic mass is 9.78. The van der Waals surface area contributed by atoms with Gasteiger partial charge in [0.2, 0.25) is 0 Å². The van der Waals surface area contributed by atoms with Crippen molar-refractivity contribution >= 4 is 11.9 Å². The van der Waals surface area contributed by atoms with Gasteiger partial charge in [0.15, 0.2) is 0 Å². The highest BCUT2D eigenvalue weighted by Crippen LogP contribution is 2.37. The summed E-state index contributed by atoms with van der Waals surface area (Å²) in [6.07, 6.45) is 2.66. The minimum absolute atomic E-state index is 0.0356. The third kappa shape index (κ3) is 7.07. The van der Waals surface area contributed by atoms with E-state index in [9.17, 15) is 14.7 Å². The maximum absolute atomic E-state index is 12.0. The Kier molecular flexibility index (Phi) is 8.30. The van der Waals surface area contributed by atoms with Gasteiger partial charge in [-0.25, -0.2) is 0 Å². The van der Waals surface area contributed by atoms with Crippen LogP contribution in [0.2, 0.25) is 0 Å². The SMILES string of the molecule is CCC(C)(CC)OC(=O)CCC(=O)OCCN1C(C)(C)CC(O)CC1(C)C. The molecule has 1 rings (SSSR count). The molecule has 27 heavy (non-hydrogen) atoms. The van der Waals surface area contributed by atoms with Crippen LogP contribution >= 0.6 is 0 Å². The summed E-state index contributed by atoms with van der Waals surface area (Å²) in [4.78, 5) is 26.2. The standard InChI is InChI=1S/C21H39NO5/c1-8-21(7,9-2)27-18(25)11-10-17(24)26-13-12-22-19(3,4)14-16(23)15-20(22,5)6/h16,23H,8-15H2,1-7H3. The Labute approximate surface area is 164 Å². The molecule has 1 aliphatic rings. The van der Waals surface area contributed by atoms with Gasteiger partial charge < -0.3 is 14.6 Å². The highest BCUT2D eigenvalue weighted by atomic mass is 16.6. The van der Waals surface area contributed by atoms with E-state index in [0.717, 1.165) is 12.8 Å². The van der Waals surface area contributed by atoms with Crippen molar-refractivity contribution in [2.75, 3.05) is 13.2 Å². The summed E-state index contributed by atoms with van der Waals surface area (Å²) in [7, 11) is 0. The predicted octanol–water partition coefficient (Wildman–Crippen LogP) is 3.45. The number of hydrogen-bond donors (Lipinski definition) is 1. The van der Waals surface area contributed by atoms with Gasteiger partial charge in [0.25, 0.3) is 0 Å². The number of carbonyl (C=O) groups is 2. The molecule has 0 aromatic rings. The molecule has 1 heterocycles. The number of piperidine rings is 1. The second-order valence-corrected chi connectivity index (χ2v) is 9.19. The molecule has 1 aliphatic heterocycles. The van der Waals surface area contributed by atoms with Gasteiger partial charge in [0.1, 0.15) is 12.2 Å². The number of ether oxygens (including phenoxy) is 2. The van der Waals surface area contributed by atoms with Crippen LogP contribution in [0.1, 0.15) is 87.0 Å². The Balaban J connectivity index is 2.41. The summed E-state index contributed by atoms with van der Waals surface area (Å²) in [5.41, 5.74) is -0.790. The number of rotatable bonds is 9.